The molecule has 0 spiro atoms. The van der Waals surface area contributed by atoms with Crippen molar-refractivity contribution in [3.05, 3.63) is 12.2 Å². The highest BCUT2D eigenvalue weighted by Crippen LogP contribution is 1.96. The lowest BCUT2D eigenvalue weighted by molar-refractivity contribution is -0.149. The molecule has 0 rings (SSSR count). The third kappa shape index (κ3) is 4.10. The minimum atomic E-state index is -0.652. The summed E-state index contributed by atoms with van der Waals surface area (Å²) in [5.41, 5.74) is 5.44. The molecule has 0 aromatic heterocycles. The van der Waals surface area contributed by atoms with Crippen molar-refractivity contribution in [1.82, 2.24) is 0 Å². The molecule has 70 valence electrons. The number of methoxy groups -OCH3 is 2. The predicted octanol–water partition coefficient (Wildman–Crippen LogP) is 0.0778. The van der Waals surface area contributed by atoms with Gasteiger partial charge in [-0.05, 0) is 13.0 Å². The number of ether oxygens (including phenoxy) is 2. The molecular formula is C8H15NO3. The maximum Gasteiger partial charge on any atom is 0.339 e. The zero-order valence-electron chi connectivity index (χ0n) is 7.61. The van der Waals surface area contributed by atoms with Crippen molar-refractivity contribution >= 4 is 5.97 Å². The van der Waals surface area contributed by atoms with Crippen molar-refractivity contribution in [1.29, 1.82) is 0 Å². The number of carbonyl (C=O) groups is 1. The van der Waals surface area contributed by atoms with Crippen LogP contribution in [0.5, 0.6) is 0 Å². The third-order valence-corrected chi connectivity index (χ3v) is 1.28. The Kier molecular flexibility index (Phi) is 5.32. The van der Waals surface area contributed by atoms with Crippen molar-refractivity contribution in [3.8, 4) is 0 Å². The largest absolute Gasteiger partial charge is 0.467 e. The molecule has 2 atom stereocenters. The molecule has 0 aliphatic rings. The highest BCUT2D eigenvalue weighted by atomic mass is 16.6. The maximum atomic E-state index is 10.9. The lowest BCUT2D eigenvalue weighted by Crippen LogP contribution is -2.23. The smallest absolute Gasteiger partial charge is 0.339 e. The second kappa shape index (κ2) is 5.74. The average Bonchev–Trinajstić information content (AvgIpc) is 2.04. The van der Waals surface area contributed by atoms with Crippen LogP contribution >= 0.6 is 0 Å². The summed E-state index contributed by atoms with van der Waals surface area (Å²) in [6.07, 6.45) is 2.61. The van der Waals surface area contributed by atoms with Crippen LogP contribution in [0.25, 0.3) is 0 Å². The Bertz CT molecular complexity index is 166. The SMILES string of the molecule is COC(=O)[C@H](/C=C/[C@H](C)N)OC. The van der Waals surface area contributed by atoms with E-state index in [-0.39, 0.29) is 6.04 Å². The quantitative estimate of drug-likeness (QED) is 0.483. The van der Waals surface area contributed by atoms with Gasteiger partial charge in [-0.15, -0.1) is 0 Å². The molecule has 2 N–H and O–H groups in total. The van der Waals surface area contributed by atoms with E-state index in [1.807, 2.05) is 0 Å². The number of rotatable bonds is 4. The highest BCUT2D eigenvalue weighted by Gasteiger charge is 2.13. The van der Waals surface area contributed by atoms with Gasteiger partial charge in [-0.3, -0.25) is 0 Å². The normalized spacial score (nSPS) is 16.0. The predicted molar refractivity (Wildman–Crippen MR) is 45.6 cm³/mol. The van der Waals surface area contributed by atoms with Gasteiger partial charge in [-0.25, -0.2) is 4.79 Å². The van der Waals surface area contributed by atoms with E-state index in [2.05, 4.69) is 4.74 Å². The van der Waals surface area contributed by atoms with Gasteiger partial charge in [0.2, 0.25) is 0 Å². The van der Waals surface area contributed by atoms with Crippen LogP contribution in [0.4, 0.5) is 0 Å². The summed E-state index contributed by atoms with van der Waals surface area (Å²) in [5, 5.41) is 0. The fraction of sp³-hybridized carbons (Fsp3) is 0.625. The molecule has 12 heavy (non-hydrogen) atoms. The minimum absolute atomic E-state index is 0.0905. The summed E-state index contributed by atoms with van der Waals surface area (Å²) >= 11 is 0. The number of nitrogens with two attached hydrogens (primary N) is 1. The molecule has 0 aliphatic heterocycles. The summed E-state index contributed by atoms with van der Waals surface area (Å²) in [7, 11) is 2.75. The fourth-order valence-corrected chi connectivity index (χ4v) is 0.646. The Morgan fingerprint density at radius 3 is 2.33 bits per heavy atom. The van der Waals surface area contributed by atoms with Crippen LogP contribution < -0.4 is 5.73 Å². The van der Waals surface area contributed by atoms with Crippen molar-refractivity contribution in [2.24, 2.45) is 5.73 Å². The summed E-state index contributed by atoms with van der Waals surface area (Å²) in [4.78, 5) is 10.9. The third-order valence-electron chi connectivity index (χ3n) is 1.28. The first kappa shape index (κ1) is 11.1. The van der Waals surface area contributed by atoms with E-state index in [1.165, 1.54) is 14.2 Å². The highest BCUT2D eigenvalue weighted by molar-refractivity contribution is 5.76. The minimum Gasteiger partial charge on any atom is -0.467 e. The van der Waals surface area contributed by atoms with Crippen LogP contribution in [-0.4, -0.2) is 32.3 Å². The van der Waals surface area contributed by atoms with Crippen LogP contribution in [0, 0.1) is 0 Å². The van der Waals surface area contributed by atoms with Gasteiger partial charge < -0.3 is 15.2 Å². The molecule has 0 aromatic carbocycles. The molecule has 0 fully saturated rings. The van der Waals surface area contributed by atoms with E-state index in [0.717, 1.165) is 0 Å². The van der Waals surface area contributed by atoms with E-state index in [4.69, 9.17) is 10.5 Å². The molecule has 4 heteroatoms. The lowest BCUT2D eigenvalue weighted by Gasteiger charge is -2.07. The van der Waals surface area contributed by atoms with Crippen LogP contribution in [-0.2, 0) is 14.3 Å². The van der Waals surface area contributed by atoms with E-state index in [9.17, 15) is 4.79 Å². The van der Waals surface area contributed by atoms with Gasteiger partial charge in [0.05, 0.1) is 7.11 Å². The molecule has 4 nitrogen and oxygen atoms in total. The number of hydrogen-bond donors (Lipinski definition) is 1. The molecule has 0 heterocycles. The zero-order chi connectivity index (χ0) is 9.56. The Balaban J connectivity index is 4.08. The number of esters is 1. The summed E-state index contributed by atoms with van der Waals surface area (Å²) in [6.45, 7) is 1.81. The molecule has 0 unspecified atom stereocenters. The zero-order valence-corrected chi connectivity index (χ0v) is 7.61. The molecular weight excluding hydrogens is 158 g/mol. The molecule has 0 aromatic rings. The Labute approximate surface area is 72.3 Å². The average molecular weight is 173 g/mol. The summed E-state index contributed by atoms with van der Waals surface area (Å²) in [6, 6.07) is -0.0905. The monoisotopic (exact) mass is 173 g/mol. The molecule has 0 saturated heterocycles. The topological polar surface area (TPSA) is 61.5 Å². The molecule has 0 bridgehead atoms. The van der Waals surface area contributed by atoms with Gasteiger partial charge in [0.15, 0.2) is 6.10 Å². The first-order chi connectivity index (χ1) is 5.61. The molecule has 0 aliphatic carbocycles. The Hall–Kier alpha value is -0.870. The van der Waals surface area contributed by atoms with E-state index in [0.29, 0.717) is 0 Å². The standard InChI is InChI=1S/C8H15NO3/c1-6(9)4-5-7(11-2)8(10)12-3/h4-7H,9H2,1-3H3/b5-4+/t6-,7-/m0/s1. The van der Waals surface area contributed by atoms with Crippen LogP contribution in [0.3, 0.4) is 0 Å². The first-order valence-electron chi connectivity index (χ1n) is 3.66. The second-order valence-electron chi connectivity index (χ2n) is 2.42. The van der Waals surface area contributed by atoms with Crippen LogP contribution in [0.15, 0.2) is 12.2 Å². The molecule has 0 amide bonds. The van der Waals surface area contributed by atoms with E-state index in [1.54, 1.807) is 19.1 Å². The second-order valence-corrected chi connectivity index (χ2v) is 2.42. The lowest BCUT2D eigenvalue weighted by atomic mass is 10.2. The van der Waals surface area contributed by atoms with Crippen molar-refractivity contribution in [3.63, 3.8) is 0 Å². The molecule has 0 saturated carbocycles. The van der Waals surface area contributed by atoms with Crippen molar-refractivity contribution < 1.29 is 14.3 Å². The van der Waals surface area contributed by atoms with Gasteiger partial charge >= 0.3 is 5.97 Å². The van der Waals surface area contributed by atoms with Gasteiger partial charge in [0.25, 0.3) is 0 Å². The first-order valence-corrected chi connectivity index (χ1v) is 3.66. The van der Waals surface area contributed by atoms with Crippen LogP contribution in [0.1, 0.15) is 6.92 Å². The summed E-state index contributed by atoms with van der Waals surface area (Å²) < 4.78 is 9.32. The maximum absolute atomic E-state index is 10.9. The van der Waals surface area contributed by atoms with Gasteiger partial charge in [0, 0.05) is 13.2 Å². The van der Waals surface area contributed by atoms with Gasteiger partial charge in [-0.1, -0.05) is 6.08 Å². The van der Waals surface area contributed by atoms with Crippen LogP contribution in [0.2, 0.25) is 0 Å². The van der Waals surface area contributed by atoms with Gasteiger partial charge in [0.1, 0.15) is 0 Å². The van der Waals surface area contributed by atoms with E-state index < -0.39 is 12.1 Å². The summed E-state index contributed by atoms with van der Waals surface area (Å²) in [5.74, 6) is -0.422. The number of hydrogen-bond acceptors (Lipinski definition) is 4. The van der Waals surface area contributed by atoms with Crippen molar-refractivity contribution in [2.75, 3.05) is 14.2 Å². The fourth-order valence-electron chi connectivity index (χ4n) is 0.646. The Morgan fingerprint density at radius 2 is 2.00 bits per heavy atom. The van der Waals surface area contributed by atoms with E-state index >= 15 is 0 Å². The Morgan fingerprint density at radius 1 is 1.42 bits per heavy atom. The molecule has 0 radical (unpaired) electrons. The van der Waals surface area contributed by atoms with Gasteiger partial charge in [-0.2, -0.15) is 0 Å². The number of carbonyl (C=O) groups excluding carboxylic acids is 1. The van der Waals surface area contributed by atoms with Crippen molar-refractivity contribution in [2.45, 2.75) is 19.1 Å².